The summed E-state index contributed by atoms with van der Waals surface area (Å²) in [4.78, 5) is 27.1. The van der Waals surface area contributed by atoms with E-state index in [1.807, 2.05) is 12.1 Å². The van der Waals surface area contributed by atoms with Crippen LogP contribution in [0.5, 0.6) is 0 Å². The SMILES string of the molecule is COC(=O)c1cc(NC(=O)C2CCCC2)cc2[nH]ccc12. The van der Waals surface area contributed by atoms with Crippen LogP contribution in [0.15, 0.2) is 24.4 Å². The fraction of sp³-hybridized carbons (Fsp3) is 0.375. The Morgan fingerprint density at radius 2 is 2.05 bits per heavy atom. The van der Waals surface area contributed by atoms with Crippen molar-refractivity contribution in [2.24, 2.45) is 5.92 Å². The van der Waals surface area contributed by atoms with E-state index in [4.69, 9.17) is 4.74 Å². The predicted molar refractivity (Wildman–Crippen MR) is 80.2 cm³/mol. The van der Waals surface area contributed by atoms with E-state index in [1.54, 1.807) is 12.3 Å². The van der Waals surface area contributed by atoms with Crippen LogP contribution in [-0.2, 0) is 9.53 Å². The minimum absolute atomic E-state index is 0.0363. The number of carbonyl (C=O) groups is 2. The van der Waals surface area contributed by atoms with Crippen molar-refractivity contribution in [3.05, 3.63) is 30.0 Å². The topological polar surface area (TPSA) is 71.2 Å². The summed E-state index contributed by atoms with van der Waals surface area (Å²) in [5.41, 5.74) is 1.89. The summed E-state index contributed by atoms with van der Waals surface area (Å²) >= 11 is 0. The number of hydrogen-bond acceptors (Lipinski definition) is 3. The maximum atomic E-state index is 12.2. The molecule has 1 aromatic carbocycles. The van der Waals surface area contributed by atoms with Gasteiger partial charge in [0.15, 0.2) is 0 Å². The molecule has 5 heteroatoms. The van der Waals surface area contributed by atoms with Gasteiger partial charge >= 0.3 is 5.97 Å². The number of H-pyrrole nitrogens is 1. The number of rotatable bonds is 3. The van der Waals surface area contributed by atoms with E-state index in [-0.39, 0.29) is 11.8 Å². The number of nitrogens with one attached hydrogen (secondary N) is 2. The molecule has 1 fully saturated rings. The molecule has 0 saturated heterocycles. The van der Waals surface area contributed by atoms with Gasteiger partial charge in [0, 0.05) is 28.7 Å². The number of hydrogen-bond donors (Lipinski definition) is 2. The van der Waals surface area contributed by atoms with Crippen molar-refractivity contribution in [1.29, 1.82) is 0 Å². The lowest BCUT2D eigenvalue weighted by Gasteiger charge is -2.12. The van der Waals surface area contributed by atoms with E-state index in [2.05, 4.69) is 10.3 Å². The van der Waals surface area contributed by atoms with E-state index in [9.17, 15) is 9.59 Å². The number of ether oxygens (including phenoxy) is 1. The molecule has 21 heavy (non-hydrogen) atoms. The highest BCUT2D eigenvalue weighted by molar-refractivity contribution is 6.06. The Balaban J connectivity index is 1.91. The number of aromatic amines is 1. The van der Waals surface area contributed by atoms with E-state index >= 15 is 0 Å². The summed E-state index contributed by atoms with van der Waals surface area (Å²) in [6, 6.07) is 5.34. The Bertz CT molecular complexity index is 684. The Morgan fingerprint density at radius 1 is 1.29 bits per heavy atom. The Morgan fingerprint density at radius 3 is 2.76 bits per heavy atom. The summed E-state index contributed by atoms with van der Waals surface area (Å²) in [7, 11) is 1.35. The second kappa shape index (κ2) is 5.60. The average molecular weight is 286 g/mol. The molecule has 0 aliphatic heterocycles. The highest BCUT2D eigenvalue weighted by atomic mass is 16.5. The van der Waals surface area contributed by atoms with Gasteiger partial charge in [-0.05, 0) is 31.0 Å². The van der Waals surface area contributed by atoms with Gasteiger partial charge in [-0.2, -0.15) is 0 Å². The molecule has 1 saturated carbocycles. The molecular formula is C16H18N2O3. The minimum Gasteiger partial charge on any atom is -0.465 e. The number of methoxy groups -OCH3 is 1. The molecular weight excluding hydrogens is 268 g/mol. The second-order valence-electron chi connectivity index (χ2n) is 5.42. The summed E-state index contributed by atoms with van der Waals surface area (Å²) in [6.45, 7) is 0. The van der Waals surface area contributed by atoms with Crippen molar-refractivity contribution in [1.82, 2.24) is 4.98 Å². The molecule has 1 aliphatic carbocycles. The predicted octanol–water partition coefficient (Wildman–Crippen LogP) is 3.08. The average Bonchev–Trinajstić information content (AvgIpc) is 3.16. The lowest BCUT2D eigenvalue weighted by Crippen LogP contribution is -2.20. The summed E-state index contributed by atoms with van der Waals surface area (Å²) in [6.07, 6.45) is 5.88. The fourth-order valence-electron chi connectivity index (χ4n) is 2.95. The number of esters is 1. The van der Waals surface area contributed by atoms with Crippen LogP contribution in [0.1, 0.15) is 36.0 Å². The van der Waals surface area contributed by atoms with E-state index in [0.29, 0.717) is 11.3 Å². The molecule has 1 heterocycles. The van der Waals surface area contributed by atoms with Crippen molar-refractivity contribution in [3.8, 4) is 0 Å². The van der Waals surface area contributed by atoms with Crippen LogP contribution in [0.25, 0.3) is 10.9 Å². The Labute approximate surface area is 122 Å². The fourth-order valence-corrected chi connectivity index (χ4v) is 2.95. The number of aromatic nitrogens is 1. The summed E-state index contributed by atoms with van der Waals surface area (Å²) < 4.78 is 4.81. The number of amides is 1. The molecule has 0 atom stereocenters. The van der Waals surface area contributed by atoms with E-state index in [1.165, 1.54) is 7.11 Å². The number of benzene rings is 1. The second-order valence-corrected chi connectivity index (χ2v) is 5.42. The molecule has 2 N–H and O–H groups in total. The summed E-state index contributed by atoms with van der Waals surface area (Å²) in [5.74, 6) is -0.281. The normalized spacial score (nSPS) is 15.3. The quantitative estimate of drug-likeness (QED) is 0.852. The molecule has 1 aliphatic rings. The molecule has 110 valence electrons. The van der Waals surface area contributed by atoms with Crippen LogP contribution in [0.2, 0.25) is 0 Å². The minimum atomic E-state index is -0.406. The first-order valence-corrected chi connectivity index (χ1v) is 7.19. The van der Waals surface area contributed by atoms with Crippen LogP contribution in [0.3, 0.4) is 0 Å². The molecule has 2 aromatic rings. The maximum Gasteiger partial charge on any atom is 0.338 e. The molecule has 1 aromatic heterocycles. The molecule has 5 nitrogen and oxygen atoms in total. The Hall–Kier alpha value is -2.30. The van der Waals surface area contributed by atoms with Crippen molar-refractivity contribution in [2.75, 3.05) is 12.4 Å². The van der Waals surface area contributed by atoms with Crippen molar-refractivity contribution < 1.29 is 14.3 Å². The van der Waals surface area contributed by atoms with Gasteiger partial charge in [-0.15, -0.1) is 0 Å². The zero-order chi connectivity index (χ0) is 14.8. The van der Waals surface area contributed by atoms with Crippen LogP contribution in [0, 0.1) is 5.92 Å². The van der Waals surface area contributed by atoms with Gasteiger partial charge in [0.1, 0.15) is 0 Å². The first kappa shape index (κ1) is 13.7. The third-order valence-electron chi connectivity index (χ3n) is 4.07. The standard InChI is InChI=1S/C16H18N2O3/c1-21-16(20)13-8-11(9-14-12(13)6-7-17-14)18-15(19)10-4-2-3-5-10/h6-10,17H,2-5H2,1H3,(H,18,19). The molecule has 0 radical (unpaired) electrons. The third-order valence-corrected chi connectivity index (χ3v) is 4.07. The van der Waals surface area contributed by atoms with Crippen LogP contribution in [-0.4, -0.2) is 24.0 Å². The maximum absolute atomic E-state index is 12.2. The van der Waals surface area contributed by atoms with Crippen molar-refractivity contribution in [3.63, 3.8) is 0 Å². The molecule has 0 unspecified atom stereocenters. The van der Waals surface area contributed by atoms with Crippen LogP contribution >= 0.6 is 0 Å². The van der Waals surface area contributed by atoms with Gasteiger partial charge < -0.3 is 15.0 Å². The van der Waals surface area contributed by atoms with Gasteiger partial charge in [0.2, 0.25) is 5.91 Å². The third kappa shape index (κ3) is 2.63. The molecule has 0 spiro atoms. The molecule has 3 rings (SSSR count). The first-order valence-electron chi connectivity index (χ1n) is 7.19. The van der Waals surface area contributed by atoms with Gasteiger partial charge in [0.25, 0.3) is 0 Å². The van der Waals surface area contributed by atoms with Gasteiger partial charge in [0.05, 0.1) is 12.7 Å². The van der Waals surface area contributed by atoms with Gasteiger partial charge in [-0.1, -0.05) is 12.8 Å². The number of fused-ring (bicyclic) bond motifs is 1. The monoisotopic (exact) mass is 286 g/mol. The van der Waals surface area contributed by atoms with Crippen molar-refractivity contribution >= 4 is 28.5 Å². The zero-order valence-corrected chi connectivity index (χ0v) is 11.9. The lowest BCUT2D eigenvalue weighted by molar-refractivity contribution is -0.119. The number of anilines is 1. The van der Waals surface area contributed by atoms with Gasteiger partial charge in [-0.3, -0.25) is 4.79 Å². The van der Waals surface area contributed by atoms with E-state index in [0.717, 1.165) is 36.6 Å². The number of carbonyl (C=O) groups excluding carboxylic acids is 2. The highest BCUT2D eigenvalue weighted by Gasteiger charge is 2.23. The Kier molecular flexibility index (Phi) is 3.64. The van der Waals surface area contributed by atoms with E-state index < -0.39 is 5.97 Å². The first-order chi connectivity index (χ1) is 10.2. The van der Waals surface area contributed by atoms with Crippen LogP contribution in [0.4, 0.5) is 5.69 Å². The molecule has 1 amide bonds. The molecule has 0 bridgehead atoms. The largest absolute Gasteiger partial charge is 0.465 e. The van der Waals surface area contributed by atoms with Crippen molar-refractivity contribution in [2.45, 2.75) is 25.7 Å². The summed E-state index contributed by atoms with van der Waals surface area (Å²) in [5, 5.41) is 3.71. The zero-order valence-electron chi connectivity index (χ0n) is 11.9. The smallest absolute Gasteiger partial charge is 0.338 e. The lowest BCUT2D eigenvalue weighted by atomic mass is 10.1. The highest BCUT2D eigenvalue weighted by Crippen LogP contribution is 2.28. The van der Waals surface area contributed by atoms with Gasteiger partial charge in [-0.25, -0.2) is 4.79 Å². The van der Waals surface area contributed by atoms with Crippen LogP contribution < -0.4 is 5.32 Å².